The molecule has 1 amide bonds. The quantitative estimate of drug-likeness (QED) is 0.624. The molecule has 2 saturated carbocycles. The number of carbonyl (C=O) groups is 2. The van der Waals surface area contributed by atoms with Crippen molar-refractivity contribution < 1.29 is 23.8 Å². The Morgan fingerprint density at radius 2 is 2.08 bits per heavy atom. The van der Waals surface area contributed by atoms with Crippen LogP contribution in [0, 0.1) is 23.7 Å². The predicted octanol–water partition coefficient (Wildman–Crippen LogP) is 2.21. The molecule has 24 heavy (non-hydrogen) atoms. The van der Waals surface area contributed by atoms with Gasteiger partial charge in [-0.1, -0.05) is 15.9 Å². The van der Waals surface area contributed by atoms with Crippen LogP contribution in [0.4, 0.5) is 5.69 Å². The average molecular weight is 396 g/mol. The first-order valence-corrected chi connectivity index (χ1v) is 8.84. The smallest absolute Gasteiger partial charge is 0.310 e. The lowest BCUT2D eigenvalue weighted by atomic mass is 9.79. The summed E-state index contributed by atoms with van der Waals surface area (Å²) in [6, 6.07) is 5.22. The standard InChI is InChI=1S/C17H18BrNO5/c1-22-7-3-4-11(23-2)10(5-7)19-16(20)12-8-6-9-13(12)17(21)24-15(9)14(8)18/h3-5,8-9,12-15H,6H2,1-2H3,(H,19,20)/t8-,9-,12-,13-,14+,15+/m1/s1. The summed E-state index contributed by atoms with van der Waals surface area (Å²) in [6.45, 7) is 0. The Labute approximate surface area is 148 Å². The summed E-state index contributed by atoms with van der Waals surface area (Å²) in [4.78, 5) is 25.1. The van der Waals surface area contributed by atoms with Gasteiger partial charge in [0.15, 0.2) is 0 Å². The third kappa shape index (κ3) is 2.13. The Morgan fingerprint density at radius 1 is 1.29 bits per heavy atom. The summed E-state index contributed by atoms with van der Waals surface area (Å²) in [5.74, 6) is 0.329. The molecule has 0 radical (unpaired) electrons. The molecule has 6 nitrogen and oxygen atoms in total. The van der Waals surface area contributed by atoms with Crippen molar-refractivity contribution in [3.05, 3.63) is 18.2 Å². The second-order valence-electron chi connectivity index (χ2n) is 6.52. The van der Waals surface area contributed by atoms with Crippen molar-refractivity contribution in [3.63, 3.8) is 0 Å². The number of methoxy groups -OCH3 is 2. The van der Waals surface area contributed by atoms with Crippen LogP contribution in [0.1, 0.15) is 6.42 Å². The van der Waals surface area contributed by atoms with Gasteiger partial charge in [0.25, 0.3) is 0 Å². The molecular weight excluding hydrogens is 378 g/mol. The van der Waals surface area contributed by atoms with Gasteiger partial charge in [-0.3, -0.25) is 9.59 Å². The van der Waals surface area contributed by atoms with Crippen LogP contribution in [0.5, 0.6) is 11.5 Å². The summed E-state index contributed by atoms with van der Waals surface area (Å²) < 4.78 is 16.0. The van der Waals surface area contributed by atoms with Crippen molar-refractivity contribution in [2.75, 3.05) is 19.5 Å². The zero-order valence-electron chi connectivity index (χ0n) is 13.3. The van der Waals surface area contributed by atoms with Gasteiger partial charge in [-0.2, -0.15) is 0 Å². The Bertz CT molecular complexity index is 708. The van der Waals surface area contributed by atoms with Crippen molar-refractivity contribution in [3.8, 4) is 11.5 Å². The van der Waals surface area contributed by atoms with Crippen molar-refractivity contribution in [2.45, 2.75) is 17.4 Å². The highest BCUT2D eigenvalue weighted by Crippen LogP contribution is 2.60. The molecule has 1 aromatic carbocycles. The van der Waals surface area contributed by atoms with Gasteiger partial charge in [-0.25, -0.2) is 0 Å². The molecule has 4 rings (SSSR count). The molecule has 6 atom stereocenters. The van der Waals surface area contributed by atoms with Gasteiger partial charge >= 0.3 is 5.97 Å². The fourth-order valence-corrected chi connectivity index (χ4v) is 5.50. The van der Waals surface area contributed by atoms with Crippen molar-refractivity contribution in [1.82, 2.24) is 0 Å². The van der Waals surface area contributed by atoms with Gasteiger partial charge in [0.2, 0.25) is 5.91 Å². The van der Waals surface area contributed by atoms with E-state index in [1.54, 1.807) is 32.4 Å². The van der Waals surface area contributed by atoms with Gasteiger partial charge < -0.3 is 19.5 Å². The first kappa shape index (κ1) is 15.7. The lowest BCUT2D eigenvalue weighted by molar-refractivity contribution is -0.145. The van der Waals surface area contributed by atoms with E-state index >= 15 is 0 Å². The maximum Gasteiger partial charge on any atom is 0.310 e. The zero-order valence-corrected chi connectivity index (χ0v) is 14.9. The largest absolute Gasteiger partial charge is 0.497 e. The molecule has 2 bridgehead atoms. The number of benzene rings is 1. The van der Waals surface area contributed by atoms with Gasteiger partial charge in [-0.15, -0.1) is 0 Å². The van der Waals surface area contributed by atoms with Crippen molar-refractivity contribution >= 4 is 33.5 Å². The number of nitrogens with one attached hydrogen (secondary N) is 1. The second kappa shape index (κ2) is 5.65. The van der Waals surface area contributed by atoms with Gasteiger partial charge in [-0.05, 0) is 24.5 Å². The summed E-state index contributed by atoms with van der Waals surface area (Å²) in [7, 11) is 3.11. The average Bonchev–Trinajstić information content (AvgIpc) is 3.18. The number of ether oxygens (including phenoxy) is 3. The third-order valence-electron chi connectivity index (χ3n) is 5.49. The molecule has 2 aliphatic carbocycles. The molecular formula is C17H18BrNO5. The number of rotatable bonds is 4. The molecule has 3 aliphatic rings. The first-order chi connectivity index (χ1) is 11.5. The van der Waals surface area contributed by atoms with E-state index in [0.717, 1.165) is 6.42 Å². The van der Waals surface area contributed by atoms with E-state index in [9.17, 15) is 9.59 Å². The van der Waals surface area contributed by atoms with E-state index < -0.39 is 0 Å². The van der Waals surface area contributed by atoms with Gasteiger partial charge in [0, 0.05) is 12.0 Å². The molecule has 1 N–H and O–H groups in total. The van der Waals surface area contributed by atoms with Crippen LogP contribution in [0.25, 0.3) is 0 Å². The second-order valence-corrected chi connectivity index (χ2v) is 7.57. The number of hydrogen-bond acceptors (Lipinski definition) is 5. The Hall–Kier alpha value is -1.76. The highest BCUT2D eigenvalue weighted by molar-refractivity contribution is 9.09. The molecule has 3 fully saturated rings. The molecule has 1 aromatic rings. The number of esters is 1. The molecule has 128 valence electrons. The highest BCUT2D eigenvalue weighted by atomic mass is 79.9. The number of hydrogen-bond donors (Lipinski definition) is 1. The SMILES string of the molecule is COc1ccc(OC)c(NC(=O)[C@@H]2[C@H]3C[C@H]4[C@H](OC(=O)[C@H]42)[C@H]3Br)c1. The topological polar surface area (TPSA) is 73.9 Å². The first-order valence-electron chi connectivity index (χ1n) is 7.92. The minimum Gasteiger partial charge on any atom is -0.497 e. The number of halogens is 1. The number of fused-ring (bicyclic) bond motifs is 1. The summed E-state index contributed by atoms with van der Waals surface area (Å²) >= 11 is 3.62. The predicted molar refractivity (Wildman–Crippen MR) is 89.3 cm³/mol. The van der Waals surface area contributed by atoms with Crippen molar-refractivity contribution in [2.24, 2.45) is 23.7 Å². The fourth-order valence-electron chi connectivity index (χ4n) is 4.46. The molecule has 7 heteroatoms. The maximum atomic E-state index is 12.9. The molecule has 1 saturated heterocycles. The van der Waals surface area contributed by atoms with E-state index in [-0.39, 0.29) is 46.5 Å². The minimum absolute atomic E-state index is 0.0492. The van der Waals surface area contributed by atoms with E-state index in [4.69, 9.17) is 14.2 Å². The number of anilines is 1. The van der Waals surface area contributed by atoms with E-state index in [1.165, 1.54) is 0 Å². The van der Waals surface area contributed by atoms with Crippen LogP contribution >= 0.6 is 15.9 Å². The Kier molecular flexibility index (Phi) is 3.71. The maximum absolute atomic E-state index is 12.9. The van der Waals surface area contributed by atoms with Crippen LogP contribution in [0.3, 0.4) is 0 Å². The molecule has 1 aliphatic heterocycles. The van der Waals surface area contributed by atoms with Crippen LogP contribution in [-0.4, -0.2) is 37.0 Å². The van der Waals surface area contributed by atoms with E-state index in [1.807, 2.05) is 0 Å². The number of amides is 1. The molecule has 0 spiro atoms. The lowest BCUT2D eigenvalue weighted by Gasteiger charge is -2.27. The summed E-state index contributed by atoms with van der Waals surface area (Å²) in [6.07, 6.45) is 0.771. The molecule has 1 heterocycles. The Morgan fingerprint density at radius 3 is 2.79 bits per heavy atom. The number of carbonyl (C=O) groups excluding carboxylic acids is 2. The Balaban J connectivity index is 1.60. The normalized spacial score (nSPS) is 35.7. The van der Waals surface area contributed by atoms with Crippen molar-refractivity contribution in [1.29, 1.82) is 0 Å². The summed E-state index contributed by atoms with van der Waals surface area (Å²) in [5, 5.41) is 2.91. The monoisotopic (exact) mass is 395 g/mol. The lowest BCUT2D eigenvalue weighted by Crippen LogP contribution is -2.40. The van der Waals surface area contributed by atoms with Crippen LogP contribution < -0.4 is 14.8 Å². The van der Waals surface area contributed by atoms with E-state index in [0.29, 0.717) is 17.2 Å². The van der Waals surface area contributed by atoms with Gasteiger partial charge in [0.05, 0.1) is 36.6 Å². The van der Waals surface area contributed by atoms with Crippen LogP contribution in [-0.2, 0) is 14.3 Å². The zero-order chi connectivity index (χ0) is 17.0. The molecule has 0 aromatic heterocycles. The van der Waals surface area contributed by atoms with E-state index in [2.05, 4.69) is 21.2 Å². The summed E-state index contributed by atoms with van der Waals surface area (Å²) in [5.41, 5.74) is 0.540. The highest BCUT2D eigenvalue weighted by Gasteiger charge is 2.67. The van der Waals surface area contributed by atoms with Gasteiger partial charge in [0.1, 0.15) is 17.6 Å². The third-order valence-corrected chi connectivity index (χ3v) is 6.69. The van der Waals surface area contributed by atoms with Crippen LogP contribution in [0.15, 0.2) is 18.2 Å². The van der Waals surface area contributed by atoms with Crippen LogP contribution in [0.2, 0.25) is 0 Å². The minimum atomic E-state index is -0.374. The number of alkyl halides is 1. The molecule has 0 unspecified atom stereocenters. The fraction of sp³-hybridized carbons (Fsp3) is 0.529.